The summed E-state index contributed by atoms with van der Waals surface area (Å²) in [6.45, 7) is 11.1. The highest BCUT2D eigenvalue weighted by Gasteiger charge is 2.46. The highest BCUT2D eigenvalue weighted by Crippen LogP contribution is 2.43. The Morgan fingerprint density at radius 1 is 0.962 bits per heavy atom. The first kappa shape index (κ1) is 38.4. The summed E-state index contributed by atoms with van der Waals surface area (Å²) in [4.78, 5) is 22.9. The van der Waals surface area contributed by atoms with E-state index < -0.39 is 12.3 Å². The molecule has 0 unspecified atom stereocenters. The van der Waals surface area contributed by atoms with Crippen LogP contribution >= 0.6 is 0 Å². The first-order valence-corrected chi connectivity index (χ1v) is 17.2. The standard InChI is InChI=1S/C37H44F3N7O4.CH4/c1-22(2)49-27-9-6-25(7-10-27)26-8-11-28(30(18-26)47-15-12-24(5)45-47)33(37(38,39)40)51-32-19-31(43-35(41)44-32)46-16-13-36(14-17-46)20-29(42-21-36)34(48)50-23(3)4;/h6-12,15,18-19,22-23,29,33,42H,13-14,16-17,20-21H2,1-5H3,(H2,41,43,44);1H4/t29-,33+;/m0./s1. The summed E-state index contributed by atoms with van der Waals surface area (Å²) in [5, 5.41) is 7.74. The third-order valence-electron chi connectivity index (χ3n) is 9.23. The number of hydrogen-bond donors (Lipinski definition) is 2. The number of piperidine rings is 1. The third-order valence-corrected chi connectivity index (χ3v) is 9.23. The number of ether oxygens (including phenoxy) is 3. The molecule has 3 N–H and O–H groups in total. The van der Waals surface area contributed by atoms with Crippen molar-refractivity contribution in [1.82, 2.24) is 25.1 Å². The number of rotatable bonds is 10. The second-order valence-electron chi connectivity index (χ2n) is 13.9. The number of halogens is 3. The van der Waals surface area contributed by atoms with Gasteiger partial charge < -0.3 is 30.2 Å². The fraction of sp³-hybridized carbons (Fsp3) is 0.474. The minimum absolute atomic E-state index is 0. The smallest absolute Gasteiger partial charge is 0.429 e. The van der Waals surface area contributed by atoms with Crippen molar-refractivity contribution < 1.29 is 32.2 Å². The van der Waals surface area contributed by atoms with Crippen LogP contribution in [-0.4, -0.2) is 69.8 Å². The number of nitrogens with two attached hydrogens (primary N) is 1. The Kier molecular flexibility index (Phi) is 11.4. The van der Waals surface area contributed by atoms with Crippen LogP contribution in [0.15, 0.2) is 60.8 Å². The molecule has 0 saturated carbocycles. The monoisotopic (exact) mass is 723 g/mol. The van der Waals surface area contributed by atoms with Gasteiger partial charge in [0.2, 0.25) is 17.9 Å². The Bertz CT molecular complexity index is 1840. The molecule has 2 aliphatic rings. The highest BCUT2D eigenvalue weighted by atomic mass is 19.4. The molecule has 6 rings (SSSR count). The first-order chi connectivity index (χ1) is 24.2. The van der Waals surface area contributed by atoms with Gasteiger partial charge in [0.05, 0.1) is 23.6 Å². The zero-order valence-corrected chi connectivity index (χ0v) is 29.4. The van der Waals surface area contributed by atoms with E-state index in [1.165, 1.54) is 16.8 Å². The van der Waals surface area contributed by atoms with Gasteiger partial charge in [0.15, 0.2) is 0 Å². The van der Waals surface area contributed by atoms with Crippen molar-refractivity contribution in [3.63, 3.8) is 0 Å². The molecule has 2 saturated heterocycles. The fourth-order valence-electron chi connectivity index (χ4n) is 6.76. The predicted octanol–water partition coefficient (Wildman–Crippen LogP) is 7.23. The maximum absolute atomic E-state index is 15.0. The predicted molar refractivity (Wildman–Crippen MR) is 194 cm³/mol. The maximum atomic E-state index is 15.0. The van der Waals surface area contributed by atoms with E-state index in [2.05, 4.69) is 20.4 Å². The van der Waals surface area contributed by atoms with Crippen LogP contribution in [0.2, 0.25) is 0 Å². The summed E-state index contributed by atoms with van der Waals surface area (Å²) in [5.41, 5.74) is 8.14. The van der Waals surface area contributed by atoms with Crippen LogP contribution in [0.4, 0.5) is 24.9 Å². The summed E-state index contributed by atoms with van der Waals surface area (Å²) >= 11 is 0. The molecular formula is C38H48F3N7O4. The quantitative estimate of drug-likeness (QED) is 0.162. The van der Waals surface area contributed by atoms with Crippen molar-refractivity contribution in [2.45, 2.75) is 91.8 Å². The number of carbonyl (C=O) groups excluding carboxylic acids is 1. The Morgan fingerprint density at radius 3 is 2.27 bits per heavy atom. The van der Waals surface area contributed by atoms with Crippen molar-refractivity contribution >= 4 is 17.7 Å². The van der Waals surface area contributed by atoms with Gasteiger partial charge >= 0.3 is 12.1 Å². The summed E-state index contributed by atoms with van der Waals surface area (Å²) in [7, 11) is 0. The van der Waals surface area contributed by atoms with Gasteiger partial charge in [-0.25, -0.2) is 4.68 Å². The molecule has 14 heteroatoms. The van der Waals surface area contributed by atoms with Crippen LogP contribution in [-0.2, 0) is 9.53 Å². The van der Waals surface area contributed by atoms with E-state index in [9.17, 15) is 18.0 Å². The lowest BCUT2D eigenvalue weighted by molar-refractivity contribution is -0.198. The number of nitrogen functional groups attached to an aromatic ring is 1. The largest absolute Gasteiger partial charge is 0.491 e. The van der Waals surface area contributed by atoms with Crippen molar-refractivity contribution in [2.24, 2.45) is 5.41 Å². The van der Waals surface area contributed by atoms with Gasteiger partial charge in [-0.3, -0.25) is 4.79 Å². The molecule has 280 valence electrons. The Labute approximate surface area is 302 Å². The number of benzene rings is 2. The molecular weight excluding hydrogens is 675 g/mol. The Hall–Kier alpha value is -4.85. The third kappa shape index (κ3) is 8.77. The van der Waals surface area contributed by atoms with Crippen molar-refractivity contribution in [2.75, 3.05) is 30.3 Å². The van der Waals surface area contributed by atoms with Crippen LogP contribution in [0.5, 0.6) is 11.6 Å². The summed E-state index contributed by atoms with van der Waals surface area (Å²) < 4.78 is 63.1. The van der Waals surface area contributed by atoms with Gasteiger partial charge in [-0.1, -0.05) is 31.7 Å². The zero-order valence-electron chi connectivity index (χ0n) is 29.4. The minimum Gasteiger partial charge on any atom is -0.491 e. The number of anilines is 2. The second-order valence-corrected chi connectivity index (χ2v) is 13.9. The molecule has 1 spiro atoms. The molecule has 0 aliphatic carbocycles. The van der Waals surface area contributed by atoms with E-state index in [4.69, 9.17) is 19.9 Å². The first-order valence-electron chi connectivity index (χ1n) is 17.2. The van der Waals surface area contributed by atoms with E-state index in [0.717, 1.165) is 18.4 Å². The molecule has 2 aromatic carbocycles. The molecule has 0 bridgehead atoms. The van der Waals surface area contributed by atoms with Crippen LogP contribution in [0.25, 0.3) is 16.8 Å². The Balaban J connectivity index is 0.00000523. The van der Waals surface area contributed by atoms with E-state index in [1.54, 1.807) is 31.3 Å². The molecule has 4 aromatic rings. The molecule has 2 fully saturated rings. The van der Waals surface area contributed by atoms with Gasteiger partial charge in [-0.05, 0) is 94.7 Å². The molecule has 11 nitrogen and oxygen atoms in total. The number of nitrogens with zero attached hydrogens (tertiary/aromatic N) is 5. The summed E-state index contributed by atoms with van der Waals surface area (Å²) in [5.74, 6) is 0.315. The van der Waals surface area contributed by atoms with E-state index in [-0.39, 0.29) is 60.1 Å². The van der Waals surface area contributed by atoms with Crippen molar-refractivity contribution in [3.8, 4) is 28.4 Å². The lowest BCUT2D eigenvalue weighted by Crippen LogP contribution is -2.41. The average molecular weight is 724 g/mol. The van der Waals surface area contributed by atoms with Crippen LogP contribution in [0, 0.1) is 12.3 Å². The molecule has 2 aliphatic heterocycles. The maximum Gasteiger partial charge on any atom is 0.429 e. The SMILES string of the molecule is C.Cc1ccn(-c2cc(-c3ccc(OC(C)C)cc3)ccc2[C@@H](Oc2cc(N3CCC4(CC3)CN[C@H](C(=O)OC(C)C)C4)nc(N)n2)C(F)(F)F)n1. The lowest BCUT2D eigenvalue weighted by atomic mass is 9.76. The van der Waals surface area contributed by atoms with Gasteiger partial charge in [-0.15, -0.1) is 0 Å². The van der Waals surface area contributed by atoms with Crippen molar-refractivity contribution in [1.29, 1.82) is 0 Å². The molecule has 0 amide bonds. The van der Waals surface area contributed by atoms with Crippen LogP contribution < -0.4 is 25.4 Å². The Morgan fingerprint density at radius 2 is 1.65 bits per heavy atom. The number of esters is 1. The number of aromatic nitrogens is 4. The minimum atomic E-state index is -4.82. The number of aryl methyl sites for hydroxylation is 1. The fourth-order valence-corrected chi connectivity index (χ4v) is 6.76. The van der Waals surface area contributed by atoms with Gasteiger partial charge in [-0.2, -0.15) is 28.2 Å². The normalized spacial score (nSPS) is 17.7. The lowest BCUT2D eigenvalue weighted by Gasteiger charge is -2.39. The van der Waals surface area contributed by atoms with E-state index in [1.807, 2.05) is 56.9 Å². The van der Waals surface area contributed by atoms with Crippen LogP contribution in [0.1, 0.15) is 71.7 Å². The van der Waals surface area contributed by atoms with Crippen LogP contribution in [0.3, 0.4) is 0 Å². The molecule has 2 aromatic heterocycles. The molecule has 2 atom stereocenters. The molecule has 4 heterocycles. The van der Waals surface area contributed by atoms with Gasteiger partial charge in [0.1, 0.15) is 17.6 Å². The van der Waals surface area contributed by atoms with Gasteiger partial charge in [0, 0.05) is 37.5 Å². The highest BCUT2D eigenvalue weighted by molar-refractivity contribution is 5.76. The molecule has 0 radical (unpaired) electrons. The van der Waals surface area contributed by atoms with Crippen molar-refractivity contribution in [3.05, 3.63) is 72.1 Å². The second kappa shape index (κ2) is 15.4. The van der Waals surface area contributed by atoms with E-state index in [0.29, 0.717) is 48.9 Å². The van der Waals surface area contributed by atoms with E-state index >= 15 is 0 Å². The topological polar surface area (TPSA) is 130 Å². The number of hydrogen-bond acceptors (Lipinski definition) is 10. The number of alkyl halides is 3. The van der Waals surface area contributed by atoms with Gasteiger partial charge in [0.25, 0.3) is 0 Å². The molecule has 52 heavy (non-hydrogen) atoms. The average Bonchev–Trinajstić information content (AvgIpc) is 3.69. The number of nitrogens with one attached hydrogen (secondary N) is 1. The summed E-state index contributed by atoms with van der Waals surface area (Å²) in [6.07, 6.45) is -3.63. The number of carbonyl (C=O) groups is 1. The summed E-state index contributed by atoms with van der Waals surface area (Å²) in [6, 6.07) is 14.8. The zero-order chi connectivity index (χ0) is 36.5.